The highest BCUT2D eigenvalue weighted by Gasteiger charge is 2.01. The molecule has 0 aliphatic carbocycles. The highest BCUT2D eigenvalue weighted by Crippen LogP contribution is 2.24. The minimum Gasteiger partial charge on any atom is -0.399 e. The summed E-state index contributed by atoms with van der Waals surface area (Å²) in [5, 5.41) is 0. The highest BCUT2D eigenvalue weighted by molar-refractivity contribution is 5.74. The van der Waals surface area contributed by atoms with E-state index in [1.807, 2.05) is 36.5 Å². The van der Waals surface area contributed by atoms with Crippen molar-refractivity contribution in [3.8, 4) is 11.1 Å². The molecule has 2 rings (SSSR count). The minimum atomic E-state index is 0.685. The summed E-state index contributed by atoms with van der Waals surface area (Å²) in [5.41, 5.74) is 14.2. The van der Waals surface area contributed by atoms with Crippen LogP contribution in [0.25, 0.3) is 11.1 Å². The summed E-state index contributed by atoms with van der Waals surface area (Å²) in [4.78, 5) is 2.93. The van der Waals surface area contributed by atoms with Gasteiger partial charge in [-0.15, -0.1) is 0 Å². The van der Waals surface area contributed by atoms with Gasteiger partial charge in [0.2, 0.25) is 0 Å². The van der Waals surface area contributed by atoms with Crippen molar-refractivity contribution in [1.82, 2.24) is 4.98 Å². The molecule has 0 saturated carbocycles. The Balaban J connectivity index is 2.47. The molecule has 0 fully saturated rings. The number of nitrogens with two attached hydrogens (primary N) is 2. The van der Waals surface area contributed by atoms with Crippen molar-refractivity contribution in [3.05, 3.63) is 36.5 Å². The molecule has 0 aliphatic rings. The van der Waals surface area contributed by atoms with Crippen molar-refractivity contribution >= 4 is 11.5 Å². The van der Waals surface area contributed by atoms with Gasteiger partial charge in [0.25, 0.3) is 0 Å². The number of H-pyrrole nitrogens is 1. The van der Waals surface area contributed by atoms with E-state index in [0.717, 1.165) is 16.8 Å². The number of hydrogen-bond acceptors (Lipinski definition) is 2. The van der Waals surface area contributed by atoms with Gasteiger partial charge in [-0.2, -0.15) is 0 Å². The zero-order valence-corrected chi connectivity index (χ0v) is 7.12. The van der Waals surface area contributed by atoms with Crippen molar-refractivity contribution in [3.63, 3.8) is 0 Å². The molecule has 0 bridgehead atoms. The van der Waals surface area contributed by atoms with Crippen LogP contribution in [-0.4, -0.2) is 4.98 Å². The molecule has 0 amide bonds. The summed E-state index contributed by atoms with van der Waals surface area (Å²) in [7, 11) is 0. The van der Waals surface area contributed by atoms with E-state index in [0.29, 0.717) is 5.82 Å². The number of hydrogen-bond donors (Lipinski definition) is 3. The SMILES string of the molecule is Nc1ccc(-c2cc[nH]c2N)cc1. The summed E-state index contributed by atoms with van der Waals surface area (Å²) in [6.07, 6.45) is 1.82. The molecule has 13 heavy (non-hydrogen) atoms. The van der Waals surface area contributed by atoms with Crippen molar-refractivity contribution < 1.29 is 0 Å². The molecule has 0 spiro atoms. The van der Waals surface area contributed by atoms with Crippen LogP contribution in [-0.2, 0) is 0 Å². The Morgan fingerprint density at radius 3 is 2.15 bits per heavy atom. The topological polar surface area (TPSA) is 67.8 Å². The first kappa shape index (κ1) is 7.73. The molecule has 1 aromatic carbocycles. The van der Waals surface area contributed by atoms with E-state index in [1.165, 1.54) is 0 Å². The Labute approximate surface area is 76.4 Å². The molecule has 0 radical (unpaired) electrons. The first-order chi connectivity index (χ1) is 6.27. The molecule has 1 heterocycles. The number of benzene rings is 1. The molecule has 1 aromatic heterocycles. The lowest BCUT2D eigenvalue weighted by molar-refractivity contribution is 1.42. The first-order valence-electron chi connectivity index (χ1n) is 4.06. The standard InChI is InChI=1S/C10H11N3/c11-8-3-1-7(2-4-8)9-5-6-13-10(9)12/h1-6,13H,11-12H2. The van der Waals surface area contributed by atoms with Gasteiger partial charge in [0.1, 0.15) is 5.82 Å². The molecular weight excluding hydrogens is 162 g/mol. The molecule has 0 unspecified atom stereocenters. The van der Waals surface area contributed by atoms with E-state index >= 15 is 0 Å². The van der Waals surface area contributed by atoms with Crippen LogP contribution in [0.1, 0.15) is 0 Å². The van der Waals surface area contributed by atoms with E-state index in [4.69, 9.17) is 11.5 Å². The monoisotopic (exact) mass is 173 g/mol. The number of anilines is 2. The Bertz CT molecular complexity index is 400. The van der Waals surface area contributed by atoms with Crippen molar-refractivity contribution in [2.45, 2.75) is 0 Å². The summed E-state index contributed by atoms with van der Waals surface area (Å²) in [6.45, 7) is 0. The van der Waals surface area contributed by atoms with Crippen molar-refractivity contribution in [2.75, 3.05) is 11.5 Å². The van der Waals surface area contributed by atoms with Gasteiger partial charge in [0.05, 0.1) is 0 Å². The molecule has 66 valence electrons. The van der Waals surface area contributed by atoms with Crippen LogP contribution in [0, 0.1) is 0 Å². The van der Waals surface area contributed by atoms with Crippen LogP contribution in [0.4, 0.5) is 11.5 Å². The van der Waals surface area contributed by atoms with Gasteiger partial charge in [-0.05, 0) is 23.8 Å². The number of rotatable bonds is 1. The van der Waals surface area contributed by atoms with Gasteiger partial charge >= 0.3 is 0 Å². The summed E-state index contributed by atoms with van der Waals surface area (Å²) >= 11 is 0. The normalized spacial score (nSPS) is 10.2. The molecule has 2 aromatic rings. The number of aromatic nitrogens is 1. The maximum absolute atomic E-state index is 5.72. The lowest BCUT2D eigenvalue weighted by Crippen LogP contribution is -1.88. The third-order valence-electron chi connectivity index (χ3n) is 2.00. The van der Waals surface area contributed by atoms with Gasteiger partial charge in [0.15, 0.2) is 0 Å². The van der Waals surface area contributed by atoms with Gasteiger partial charge in [-0.1, -0.05) is 12.1 Å². The van der Waals surface area contributed by atoms with Crippen LogP contribution < -0.4 is 11.5 Å². The predicted molar refractivity (Wildman–Crippen MR) is 55.1 cm³/mol. The smallest absolute Gasteiger partial charge is 0.108 e. The zero-order valence-electron chi connectivity index (χ0n) is 7.12. The van der Waals surface area contributed by atoms with E-state index < -0.39 is 0 Å². The summed E-state index contributed by atoms with van der Waals surface area (Å²) in [6, 6.07) is 9.58. The molecule has 3 nitrogen and oxygen atoms in total. The third-order valence-corrected chi connectivity index (χ3v) is 2.00. The Kier molecular flexibility index (Phi) is 1.70. The number of nitrogen functional groups attached to an aromatic ring is 2. The fourth-order valence-electron chi connectivity index (χ4n) is 1.30. The van der Waals surface area contributed by atoms with Gasteiger partial charge in [0, 0.05) is 17.4 Å². The maximum Gasteiger partial charge on any atom is 0.108 e. The van der Waals surface area contributed by atoms with Crippen molar-refractivity contribution in [2.24, 2.45) is 0 Å². The van der Waals surface area contributed by atoms with E-state index in [9.17, 15) is 0 Å². The van der Waals surface area contributed by atoms with E-state index in [2.05, 4.69) is 4.98 Å². The first-order valence-corrected chi connectivity index (χ1v) is 4.06. The van der Waals surface area contributed by atoms with Gasteiger partial charge in [-0.25, -0.2) is 0 Å². The van der Waals surface area contributed by atoms with E-state index in [-0.39, 0.29) is 0 Å². The molecule has 5 N–H and O–H groups in total. The zero-order chi connectivity index (χ0) is 9.26. The van der Waals surface area contributed by atoms with Crippen LogP contribution in [0.5, 0.6) is 0 Å². The number of aromatic amines is 1. The lowest BCUT2D eigenvalue weighted by Gasteiger charge is -2.00. The quantitative estimate of drug-likeness (QED) is 0.576. The average molecular weight is 173 g/mol. The second-order valence-corrected chi connectivity index (χ2v) is 2.93. The molecular formula is C10H11N3. The maximum atomic E-state index is 5.72. The van der Waals surface area contributed by atoms with Gasteiger partial charge in [-0.3, -0.25) is 0 Å². The Morgan fingerprint density at radius 2 is 1.62 bits per heavy atom. The fraction of sp³-hybridized carbons (Fsp3) is 0. The van der Waals surface area contributed by atoms with Crippen LogP contribution >= 0.6 is 0 Å². The summed E-state index contributed by atoms with van der Waals surface area (Å²) in [5.74, 6) is 0.685. The van der Waals surface area contributed by atoms with Crippen molar-refractivity contribution in [1.29, 1.82) is 0 Å². The fourth-order valence-corrected chi connectivity index (χ4v) is 1.30. The third kappa shape index (κ3) is 1.36. The second kappa shape index (κ2) is 2.86. The van der Waals surface area contributed by atoms with E-state index in [1.54, 1.807) is 0 Å². The van der Waals surface area contributed by atoms with Crippen LogP contribution in [0.15, 0.2) is 36.5 Å². The second-order valence-electron chi connectivity index (χ2n) is 2.93. The molecule has 0 saturated heterocycles. The van der Waals surface area contributed by atoms with Crippen LogP contribution in [0.2, 0.25) is 0 Å². The minimum absolute atomic E-state index is 0.685. The predicted octanol–water partition coefficient (Wildman–Crippen LogP) is 1.85. The Morgan fingerprint density at radius 1 is 0.923 bits per heavy atom. The Hall–Kier alpha value is -1.90. The highest BCUT2D eigenvalue weighted by atomic mass is 14.8. The molecule has 3 heteroatoms. The summed E-state index contributed by atoms with van der Waals surface area (Å²) < 4.78 is 0. The molecule has 0 aliphatic heterocycles. The molecule has 0 atom stereocenters. The number of nitrogens with one attached hydrogen (secondary N) is 1. The average Bonchev–Trinajstić information content (AvgIpc) is 2.53. The van der Waals surface area contributed by atoms with Gasteiger partial charge < -0.3 is 16.5 Å². The largest absolute Gasteiger partial charge is 0.399 e. The lowest BCUT2D eigenvalue weighted by atomic mass is 10.1. The van der Waals surface area contributed by atoms with Crippen LogP contribution in [0.3, 0.4) is 0 Å².